The number of ether oxygens (including phenoxy) is 1. The second-order valence-corrected chi connectivity index (χ2v) is 7.27. The predicted octanol–water partition coefficient (Wildman–Crippen LogP) is 0.0943. The van der Waals surface area contributed by atoms with E-state index in [2.05, 4.69) is 15.0 Å². The quantitative estimate of drug-likeness (QED) is 0.743. The van der Waals surface area contributed by atoms with Gasteiger partial charge in [0.25, 0.3) is 5.56 Å². The van der Waals surface area contributed by atoms with E-state index < -0.39 is 0 Å². The Morgan fingerprint density at radius 3 is 2.59 bits per heavy atom. The first-order valence-corrected chi connectivity index (χ1v) is 9.15. The van der Waals surface area contributed by atoms with Crippen molar-refractivity contribution in [3.8, 4) is 11.3 Å². The smallest absolute Gasteiger partial charge is 0.266 e. The van der Waals surface area contributed by atoms with Crippen molar-refractivity contribution in [1.82, 2.24) is 24.6 Å². The van der Waals surface area contributed by atoms with Gasteiger partial charge in [0.05, 0.1) is 18.3 Å². The van der Waals surface area contributed by atoms with Crippen molar-refractivity contribution in [2.45, 2.75) is 12.6 Å². The van der Waals surface area contributed by atoms with Crippen LogP contribution in [0, 0.1) is 5.92 Å². The molecular formula is C19H23N5O3. The monoisotopic (exact) mass is 369 g/mol. The molecule has 2 aromatic rings. The van der Waals surface area contributed by atoms with Crippen LogP contribution in [0.5, 0.6) is 0 Å². The zero-order chi connectivity index (χ0) is 18.8. The van der Waals surface area contributed by atoms with Gasteiger partial charge in [0.15, 0.2) is 0 Å². The molecule has 2 aliphatic rings. The van der Waals surface area contributed by atoms with E-state index in [1.165, 1.54) is 0 Å². The molecule has 1 atom stereocenters. The summed E-state index contributed by atoms with van der Waals surface area (Å²) in [5.41, 5.74) is 1.64. The number of pyridine rings is 1. The van der Waals surface area contributed by atoms with Crippen LogP contribution < -0.4 is 5.56 Å². The Hall–Kier alpha value is -2.58. The minimum absolute atomic E-state index is 0.0345. The molecule has 8 heteroatoms. The van der Waals surface area contributed by atoms with Crippen molar-refractivity contribution < 1.29 is 9.53 Å². The predicted molar refractivity (Wildman–Crippen MR) is 99.0 cm³/mol. The number of hydrogen-bond acceptors (Lipinski definition) is 6. The van der Waals surface area contributed by atoms with Crippen molar-refractivity contribution >= 4 is 5.91 Å². The molecule has 1 unspecified atom stereocenters. The molecule has 0 bridgehead atoms. The molecule has 2 aromatic heterocycles. The van der Waals surface area contributed by atoms with E-state index in [0.29, 0.717) is 19.0 Å². The number of aromatic nitrogens is 3. The highest BCUT2D eigenvalue weighted by molar-refractivity contribution is 5.77. The molecule has 2 fully saturated rings. The second-order valence-electron chi connectivity index (χ2n) is 7.27. The third-order valence-corrected chi connectivity index (χ3v) is 5.11. The number of likely N-dealkylation sites (N-methyl/N-ethyl adjacent to an activating group) is 1. The number of rotatable bonds is 5. The lowest BCUT2D eigenvalue weighted by Gasteiger charge is -2.42. The molecule has 2 saturated heterocycles. The van der Waals surface area contributed by atoms with E-state index in [4.69, 9.17) is 4.74 Å². The van der Waals surface area contributed by atoms with Crippen LogP contribution in [0.4, 0.5) is 0 Å². The summed E-state index contributed by atoms with van der Waals surface area (Å²) >= 11 is 0. The number of amides is 1. The third kappa shape index (κ3) is 4.06. The lowest BCUT2D eigenvalue weighted by atomic mass is 9.99. The second kappa shape index (κ2) is 7.58. The summed E-state index contributed by atoms with van der Waals surface area (Å²) in [5.74, 6) is 0.429. The zero-order valence-corrected chi connectivity index (χ0v) is 15.3. The van der Waals surface area contributed by atoms with Gasteiger partial charge in [0.2, 0.25) is 5.91 Å². The van der Waals surface area contributed by atoms with E-state index in [0.717, 1.165) is 30.9 Å². The molecule has 0 aromatic carbocycles. The van der Waals surface area contributed by atoms with E-state index >= 15 is 0 Å². The molecule has 2 aliphatic heterocycles. The fourth-order valence-electron chi connectivity index (χ4n) is 3.60. The highest BCUT2D eigenvalue weighted by atomic mass is 16.5. The van der Waals surface area contributed by atoms with Crippen LogP contribution in [-0.4, -0.2) is 76.4 Å². The van der Waals surface area contributed by atoms with Crippen LogP contribution in [0.25, 0.3) is 11.3 Å². The van der Waals surface area contributed by atoms with Gasteiger partial charge in [-0.05, 0) is 18.2 Å². The van der Waals surface area contributed by atoms with Crippen molar-refractivity contribution in [2.75, 3.05) is 39.8 Å². The summed E-state index contributed by atoms with van der Waals surface area (Å²) in [6, 6.07) is 7.09. The van der Waals surface area contributed by atoms with Crippen LogP contribution in [-0.2, 0) is 16.1 Å². The first kappa shape index (κ1) is 17.8. The average Bonchev–Trinajstić information content (AvgIpc) is 2.65. The average molecular weight is 369 g/mol. The van der Waals surface area contributed by atoms with Gasteiger partial charge < -0.3 is 9.64 Å². The van der Waals surface area contributed by atoms with Gasteiger partial charge in [-0.3, -0.25) is 19.5 Å². The summed E-state index contributed by atoms with van der Waals surface area (Å²) in [6.45, 7) is 4.04. The Kier molecular flexibility index (Phi) is 5.00. The molecule has 0 saturated carbocycles. The minimum atomic E-state index is -0.0815. The first-order chi connectivity index (χ1) is 13.1. The molecule has 4 rings (SSSR count). The highest BCUT2D eigenvalue weighted by Crippen LogP contribution is 2.19. The highest BCUT2D eigenvalue weighted by Gasteiger charge is 2.32. The molecule has 0 radical (unpaired) electrons. The van der Waals surface area contributed by atoms with Crippen LogP contribution in [0.2, 0.25) is 0 Å². The Labute approximate surface area is 157 Å². The first-order valence-electron chi connectivity index (χ1n) is 9.15. The van der Waals surface area contributed by atoms with Crippen LogP contribution in [0.15, 0.2) is 41.5 Å². The molecule has 1 amide bonds. The molecular weight excluding hydrogens is 346 g/mol. The molecule has 4 heterocycles. The molecule has 142 valence electrons. The Bertz CT molecular complexity index is 863. The van der Waals surface area contributed by atoms with Gasteiger partial charge in [0.1, 0.15) is 6.61 Å². The standard InChI is InChI=1S/C19H23N5O3/c1-22-11-16(27-13-19(22)26)12-23-8-14(9-23)10-24-18(25)3-2-17(21-24)15-4-6-20-7-5-15/h2-7,14,16H,8-13H2,1H3. The maximum absolute atomic E-state index is 12.2. The summed E-state index contributed by atoms with van der Waals surface area (Å²) in [6.07, 6.45) is 3.49. The number of likely N-dealkylation sites (tertiary alicyclic amines) is 1. The lowest BCUT2D eigenvalue weighted by Crippen LogP contribution is -2.55. The van der Waals surface area contributed by atoms with Gasteiger partial charge in [0, 0.05) is 63.2 Å². The largest absolute Gasteiger partial charge is 0.365 e. The molecule has 0 spiro atoms. The van der Waals surface area contributed by atoms with Crippen molar-refractivity contribution in [1.29, 1.82) is 0 Å². The van der Waals surface area contributed by atoms with Crippen molar-refractivity contribution in [2.24, 2.45) is 5.92 Å². The van der Waals surface area contributed by atoms with Gasteiger partial charge in [-0.2, -0.15) is 5.10 Å². The van der Waals surface area contributed by atoms with Crippen LogP contribution in [0.3, 0.4) is 0 Å². The summed E-state index contributed by atoms with van der Waals surface area (Å²) in [7, 11) is 1.81. The van der Waals surface area contributed by atoms with Gasteiger partial charge in [-0.25, -0.2) is 4.68 Å². The molecule has 27 heavy (non-hydrogen) atoms. The lowest BCUT2D eigenvalue weighted by molar-refractivity contribution is -0.148. The zero-order valence-electron chi connectivity index (χ0n) is 15.3. The normalized spacial score (nSPS) is 21.3. The number of nitrogens with zero attached hydrogens (tertiary/aromatic N) is 5. The number of carbonyl (C=O) groups is 1. The third-order valence-electron chi connectivity index (χ3n) is 5.11. The Morgan fingerprint density at radius 1 is 1.07 bits per heavy atom. The van der Waals surface area contributed by atoms with E-state index in [1.54, 1.807) is 34.1 Å². The van der Waals surface area contributed by atoms with Crippen LogP contribution >= 0.6 is 0 Å². The fourth-order valence-corrected chi connectivity index (χ4v) is 3.60. The van der Waals surface area contributed by atoms with Crippen molar-refractivity contribution in [3.05, 3.63) is 47.0 Å². The maximum Gasteiger partial charge on any atom is 0.266 e. The van der Waals surface area contributed by atoms with Gasteiger partial charge in [-0.15, -0.1) is 0 Å². The SMILES string of the molecule is CN1CC(CN2CC(Cn3nc(-c4ccncc4)ccc3=O)C2)OCC1=O. The fraction of sp³-hybridized carbons (Fsp3) is 0.474. The Morgan fingerprint density at radius 2 is 1.85 bits per heavy atom. The molecule has 8 nitrogen and oxygen atoms in total. The van der Waals surface area contributed by atoms with Crippen LogP contribution in [0.1, 0.15) is 0 Å². The van der Waals surface area contributed by atoms with E-state index in [-0.39, 0.29) is 24.2 Å². The topological polar surface area (TPSA) is 80.6 Å². The van der Waals surface area contributed by atoms with Gasteiger partial charge in [-0.1, -0.05) is 0 Å². The number of carbonyl (C=O) groups excluding carboxylic acids is 1. The number of morpholine rings is 1. The minimum Gasteiger partial charge on any atom is -0.365 e. The number of hydrogen-bond donors (Lipinski definition) is 0. The maximum atomic E-state index is 12.2. The summed E-state index contributed by atoms with van der Waals surface area (Å²) in [4.78, 5) is 31.7. The Balaban J connectivity index is 1.32. The molecule has 0 aliphatic carbocycles. The summed E-state index contributed by atoms with van der Waals surface area (Å²) < 4.78 is 7.16. The van der Waals surface area contributed by atoms with Crippen molar-refractivity contribution in [3.63, 3.8) is 0 Å². The van der Waals surface area contributed by atoms with E-state index in [1.807, 2.05) is 19.2 Å². The van der Waals surface area contributed by atoms with Gasteiger partial charge >= 0.3 is 0 Å². The molecule has 0 N–H and O–H groups in total. The van der Waals surface area contributed by atoms with E-state index in [9.17, 15) is 9.59 Å². The summed E-state index contributed by atoms with van der Waals surface area (Å²) in [5, 5.41) is 4.51.